The molecule has 48 valence electrons. The molecule has 0 radical (unpaired) electrons. The maximum Gasteiger partial charge on any atom is 0.208 e. The van der Waals surface area contributed by atoms with Gasteiger partial charge in [-0.05, 0) is 0 Å². The van der Waals surface area contributed by atoms with E-state index >= 15 is 0 Å². The summed E-state index contributed by atoms with van der Waals surface area (Å²) in [5.74, 6) is 1.05. The zero-order valence-electron chi connectivity index (χ0n) is 5.16. The van der Waals surface area contributed by atoms with Gasteiger partial charge >= 0.3 is 0 Å². The second-order valence-corrected chi connectivity index (χ2v) is 2.83. The molecule has 0 saturated carbocycles. The van der Waals surface area contributed by atoms with Crippen molar-refractivity contribution in [1.82, 2.24) is 4.90 Å². The first-order valence-corrected chi connectivity index (χ1v) is 3.64. The zero-order chi connectivity index (χ0) is 6.69. The normalized spacial score (nSPS) is 22.7. The Balaban J connectivity index is 2.62. The Morgan fingerprint density at radius 2 is 2.67 bits per heavy atom. The van der Waals surface area contributed by atoms with Crippen molar-refractivity contribution in [2.24, 2.45) is 4.99 Å². The van der Waals surface area contributed by atoms with Crippen LogP contribution in [0.5, 0.6) is 0 Å². The fraction of sp³-hybridized carbons (Fsp3) is 0.600. The lowest BCUT2D eigenvalue weighted by atomic mass is 10.7. The predicted octanol–water partition coefficient (Wildman–Crippen LogP) is 0.502. The standard InChI is InChI=1S/C5H7N3S/c1-8-2-3-9-5(8)7-4-6/h2-3H2,1H3. The van der Waals surface area contributed by atoms with Crippen LogP contribution in [0.3, 0.4) is 0 Å². The molecule has 0 N–H and O–H groups in total. The molecule has 0 spiro atoms. The Labute approximate surface area is 58.4 Å². The van der Waals surface area contributed by atoms with E-state index in [4.69, 9.17) is 5.26 Å². The summed E-state index contributed by atoms with van der Waals surface area (Å²) >= 11 is 1.63. The molecule has 1 aliphatic heterocycles. The molecular weight excluding hydrogens is 134 g/mol. The molecule has 0 aromatic carbocycles. The van der Waals surface area contributed by atoms with Gasteiger partial charge in [-0.1, -0.05) is 11.8 Å². The fourth-order valence-corrected chi connectivity index (χ4v) is 1.60. The van der Waals surface area contributed by atoms with Crippen LogP contribution in [-0.2, 0) is 0 Å². The van der Waals surface area contributed by atoms with Crippen LogP contribution in [0.2, 0.25) is 0 Å². The summed E-state index contributed by atoms with van der Waals surface area (Å²) in [6, 6.07) is 0. The molecule has 0 atom stereocenters. The number of amidine groups is 1. The van der Waals surface area contributed by atoms with Crippen LogP contribution >= 0.6 is 11.8 Å². The number of thioether (sulfide) groups is 1. The fourth-order valence-electron chi connectivity index (χ4n) is 0.640. The van der Waals surface area contributed by atoms with Crippen molar-refractivity contribution in [3.8, 4) is 6.19 Å². The highest BCUT2D eigenvalue weighted by molar-refractivity contribution is 8.14. The van der Waals surface area contributed by atoms with Crippen molar-refractivity contribution < 1.29 is 0 Å². The molecule has 0 aromatic heterocycles. The lowest BCUT2D eigenvalue weighted by Gasteiger charge is -2.06. The van der Waals surface area contributed by atoms with Gasteiger partial charge < -0.3 is 4.90 Å². The Kier molecular flexibility index (Phi) is 1.96. The molecule has 1 saturated heterocycles. The smallest absolute Gasteiger partial charge is 0.208 e. The molecule has 0 unspecified atom stereocenters. The number of hydrogen-bond donors (Lipinski definition) is 0. The van der Waals surface area contributed by atoms with Gasteiger partial charge in [-0.15, -0.1) is 4.99 Å². The van der Waals surface area contributed by atoms with Gasteiger partial charge in [-0.2, -0.15) is 5.26 Å². The maximum absolute atomic E-state index is 8.17. The van der Waals surface area contributed by atoms with E-state index in [0.717, 1.165) is 17.5 Å². The molecule has 9 heavy (non-hydrogen) atoms. The van der Waals surface area contributed by atoms with Crippen molar-refractivity contribution >= 4 is 16.9 Å². The van der Waals surface area contributed by atoms with E-state index in [0.29, 0.717) is 0 Å². The van der Waals surface area contributed by atoms with Crippen LogP contribution < -0.4 is 0 Å². The summed E-state index contributed by atoms with van der Waals surface area (Å²) in [7, 11) is 1.94. The van der Waals surface area contributed by atoms with Crippen LogP contribution in [0.25, 0.3) is 0 Å². The Bertz CT molecular complexity index is 170. The monoisotopic (exact) mass is 141 g/mol. The van der Waals surface area contributed by atoms with Crippen molar-refractivity contribution in [3.63, 3.8) is 0 Å². The third-order valence-corrected chi connectivity index (χ3v) is 2.18. The molecule has 4 heteroatoms. The van der Waals surface area contributed by atoms with E-state index in [1.807, 2.05) is 11.9 Å². The van der Waals surface area contributed by atoms with E-state index in [1.54, 1.807) is 18.0 Å². The minimum atomic E-state index is 0.845. The van der Waals surface area contributed by atoms with E-state index in [1.165, 1.54) is 0 Å². The minimum absolute atomic E-state index is 0.845. The molecule has 1 aliphatic rings. The van der Waals surface area contributed by atoms with Gasteiger partial charge in [-0.25, -0.2) is 0 Å². The van der Waals surface area contributed by atoms with E-state index < -0.39 is 0 Å². The van der Waals surface area contributed by atoms with E-state index in [9.17, 15) is 0 Å². The van der Waals surface area contributed by atoms with Gasteiger partial charge in [-0.3, -0.25) is 0 Å². The largest absolute Gasteiger partial charge is 0.353 e. The predicted molar refractivity (Wildman–Crippen MR) is 38.1 cm³/mol. The first kappa shape index (κ1) is 6.43. The number of nitriles is 1. The first-order valence-electron chi connectivity index (χ1n) is 2.65. The highest BCUT2D eigenvalue weighted by atomic mass is 32.2. The zero-order valence-corrected chi connectivity index (χ0v) is 5.98. The molecule has 1 rings (SSSR count). The van der Waals surface area contributed by atoms with Crippen LogP contribution in [0.15, 0.2) is 4.99 Å². The van der Waals surface area contributed by atoms with E-state index in [2.05, 4.69) is 4.99 Å². The average Bonchev–Trinajstić information content (AvgIpc) is 2.18. The van der Waals surface area contributed by atoms with Gasteiger partial charge in [0.15, 0.2) is 5.17 Å². The summed E-state index contributed by atoms with van der Waals surface area (Å²) in [4.78, 5) is 5.60. The maximum atomic E-state index is 8.17. The first-order chi connectivity index (χ1) is 4.34. The molecule has 0 amide bonds. The number of nitrogens with zero attached hydrogens (tertiary/aromatic N) is 3. The van der Waals surface area contributed by atoms with Gasteiger partial charge in [0.05, 0.1) is 0 Å². The highest BCUT2D eigenvalue weighted by Crippen LogP contribution is 2.14. The Hall–Kier alpha value is -0.690. The second-order valence-electron chi connectivity index (χ2n) is 1.76. The summed E-state index contributed by atoms with van der Waals surface area (Å²) in [6.07, 6.45) is 1.77. The highest BCUT2D eigenvalue weighted by Gasteiger charge is 2.13. The molecular formula is C5H7N3S. The Morgan fingerprint density at radius 1 is 1.89 bits per heavy atom. The number of hydrogen-bond acceptors (Lipinski definition) is 3. The summed E-state index contributed by atoms with van der Waals surface area (Å²) in [5, 5.41) is 9.01. The Morgan fingerprint density at radius 3 is 3.11 bits per heavy atom. The van der Waals surface area contributed by atoms with E-state index in [-0.39, 0.29) is 0 Å². The van der Waals surface area contributed by atoms with Gasteiger partial charge in [0, 0.05) is 19.3 Å². The third kappa shape index (κ3) is 1.36. The van der Waals surface area contributed by atoms with Crippen LogP contribution in [-0.4, -0.2) is 29.4 Å². The number of rotatable bonds is 0. The minimum Gasteiger partial charge on any atom is -0.353 e. The average molecular weight is 141 g/mol. The quantitative estimate of drug-likeness (QED) is 0.461. The molecule has 1 heterocycles. The van der Waals surface area contributed by atoms with Crippen molar-refractivity contribution in [3.05, 3.63) is 0 Å². The molecule has 3 nitrogen and oxygen atoms in total. The summed E-state index contributed by atoms with van der Waals surface area (Å²) in [6.45, 7) is 1.01. The van der Waals surface area contributed by atoms with Crippen LogP contribution in [0.4, 0.5) is 0 Å². The molecule has 0 aliphatic carbocycles. The lowest BCUT2D eigenvalue weighted by Crippen LogP contribution is -2.17. The summed E-state index contributed by atoms with van der Waals surface area (Å²) < 4.78 is 0. The van der Waals surface area contributed by atoms with Gasteiger partial charge in [0.25, 0.3) is 0 Å². The number of aliphatic imine (C=N–C) groups is 1. The van der Waals surface area contributed by atoms with Crippen molar-refractivity contribution in [2.45, 2.75) is 0 Å². The van der Waals surface area contributed by atoms with Gasteiger partial charge in [0.2, 0.25) is 6.19 Å². The molecule has 1 fully saturated rings. The van der Waals surface area contributed by atoms with Crippen LogP contribution in [0.1, 0.15) is 0 Å². The molecule has 0 bridgehead atoms. The van der Waals surface area contributed by atoms with Crippen molar-refractivity contribution in [1.29, 1.82) is 5.26 Å². The van der Waals surface area contributed by atoms with Crippen molar-refractivity contribution in [2.75, 3.05) is 19.3 Å². The molecule has 0 aromatic rings. The van der Waals surface area contributed by atoms with Crippen LogP contribution in [0, 0.1) is 11.5 Å². The topological polar surface area (TPSA) is 39.4 Å². The summed E-state index contributed by atoms with van der Waals surface area (Å²) in [5.41, 5.74) is 0. The van der Waals surface area contributed by atoms with Gasteiger partial charge in [0.1, 0.15) is 0 Å². The second kappa shape index (κ2) is 2.74. The lowest BCUT2D eigenvalue weighted by molar-refractivity contribution is 0.563. The SMILES string of the molecule is CN1CCSC1=NC#N. The third-order valence-electron chi connectivity index (χ3n) is 1.13.